The molecule has 4 saturated carbocycles. The highest BCUT2D eigenvalue weighted by Gasteiger charge is 2.51. The van der Waals surface area contributed by atoms with Crippen LogP contribution in [0.3, 0.4) is 0 Å². The van der Waals surface area contributed by atoms with E-state index in [4.69, 9.17) is 0 Å². The van der Waals surface area contributed by atoms with E-state index in [9.17, 15) is 0 Å². The fraction of sp³-hybridized carbons (Fsp3) is 0.857. The molecule has 4 aromatic rings. The molecule has 0 radical (unpaired) electrons. The Balaban J connectivity index is 0.000000113. The van der Waals surface area contributed by atoms with Crippen molar-refractivity contribution in [3.05, 3.63) is 45.6 Å². The Morgan fingerprint density at radius 2 is 0.485 bits per heavy atom. The summed E-state index contributed by atoms with van der Waals surface area (Å²) in [6.45, 7) is 22.4. The molecule has 4 heterocycles. The van der Waals surface area contributed by atoms with Crippen LogP contribution >= 0.6 is 0 Å². The molecule has 376 valence electrons. The Kier molecular flexibility index (Phi) is 16.6. The minimum Gasteiger partial charge on any atom is -0.249 e. The van der Waals surface area contributed by atoms with Crippen molar-refractivity contribution in [1.29, 1.82) is 0 Å². The number of hydrogen-bond acceptors (Lipinski definition) is 8. The highest BCUT2D eigenvalue weighted by molar-refractivity contribution is 5.18. The fourth-order valence-corrected chi connectivity index (χ4v) is 15.3. The summed E-state index contributed by atoms with van der Waals surface area (Å²) in [5.41, 5.74) is 10.9. The van der Waals surface area contributed by atoms with E-state index in [0.717, 1.165) is 149 Å². The number of nitrogens with zero attached hydrogens (tertiary/aromatic N) is 12. The second-order valence-corrected chi connectivity index (χ2v) is 22.7. The average Bonchev–Trinajstić information content (AvgIpc) is 4.28. The van der Waals surface area contributed by atoms with Gasteiger partial charge in [-0.2, -0.15) is 0 Å². The third-order valence-electron chi connectivity index (χ3n) is 19.1. The summed E-state index contributed by atoms with van der Waals surface area (Å²) >= 11 is 0. The molecule has 4 fully saturated rings. The molecule has 0 spiro atoms. The van der Waals surface area contributed by atoms with Gasteiger partial charge in [-0.1, -0.05) is 102 Å². The molecule has 68 heavy (non-hydrogen) atoms. The lowest BCUT2D eigenvalue weighted by Crippen LogP contribution is -2.08. The van der Waals surface area contributed by atoms with Gasteiger partial charge in [0.05, 0.1) is 45.6 Å². The van der Waals surface area contributed by atoms with Crippen molar-refractivity contribution in [3.8, 4) is 0 Å². The zero-order valence-corrected chi connectivity index (χ0v) is 44.1. The van der Waals surface area contributed by atoms with E-state index < -0.39 is 0 Å². The predicted molar refractivity (Wildman–Crippen MR) is 271 cm³/mol. The first kappa shape index (κ1) is 49.5. The van der Waals surface area contributed by atoms with Crippen molar-refractivity contribution in [1.82, 2.24) is 60.0 Å². The summed E-state index contributed by atoms with van der Waals surface area (Å²) < 4.78 is 8.61. The minimum atomic E-state index is 1.00. The maximum Gasteiger partial charge on any atom is 0.0859 e. The molecule has 0 N–H and O–H groups in total. The van der Waals surface area contributed by atoms with E-state index in [0.29, 0.717) is 0 Å². The topological polar surface area (TPSA) is 123 Å². The van der Waals surface area contributed by atoms with Gasteiger partial charge in [0.1, 0.15) is 0 Å². The molecular weight excluding hydrogens is 841 g/mol. The molecule has 0 amide bonds. The van der Waals surface area contributed by atoms with Crippen molar-refractivity contribution in [2.45, 2.75) is 236 Å². The predicted octanol–water partition coefficient (Wildman–Crippen LogP) is 11.4. The SMILES string of the molecule is CCCn1nnc2c1CC[C@@H]1[C@@H](CC)[C@@H]1CC2.CCCn1nnc2c1CC[C@@H]1[C@H](CC)[C@@H]1CC2.CCCn1nnc2c1CC[C@H]1[C@@H](CC)[C@H]1CC2.CCCn1nnc2c1CC[C@H]1[C@H](CC)[C@H]1CC2. The molecule has 12 nitrogen and oxygen atoms in total. The van der Waals surface area contributed by atoms with Crippen LogP contribution in [0.4, 0.5) is 0 Å². The van der Waals surface area contributed by atoms with E-state index in [-0.39, 0.29) is 0 Å². The van der Waals surface area contributed by atoms with Gasteiger partial charge in [0.25, 0.3) is 0 Å². The number of hydrogen-bond donors (Lipinski definition) is 0. The van der Waals surface area contributed by atoms with Crippen molar-refractivity contribution in [2.75, 3.05) is 0 Å². The van der Waals surface area contributed by atoms with Crippen LogP contribution in [0.1, 0.15) is 204 Å². The third-order valence-corrected chi connectivity index (χ3v) is 19.1. The quantitative estimate of drug-likeness (QED) is 0.138. The van der Waals surface area contributed by atoms with Gasteiger partial charge < -0.3 is 0 Å². The molecule has 8 aliphatic rings. The first-order chi connectivity index (χ1) is 33.4. The number of aryl methyl sites for hydroxylation is 8. The molecule has 12 atom stereocenters. The molecular formula is C56H92N12. The first-order valence-corrected chi connectivity index (χ1v) is 29.0. The van der Waals surface area contributed by atoms with E-state index in [1.165, 1.54) is 148 Å². The monoisotopic (exact) mass is 933 g/mol. The Morgan fingerprint density at radius 3 is 0.662 bits per heavy atom. The van der Waals surface area contributed by atoms with E-state index in [2.05, 4.69) is 115 Å². The van der Waals surface area contributed by atoms with Crippen LogP contribution in [0.25, 0.3) is 0 Å². The number of fused-ring (bicyclic) bond motifs is 8. The molecule has 0 saturated heterocycles. The van der Waals surface area contributed by atoms with Gasteiger partial charge in [-0.3, -0.25) is 0 Å². The van der Waals surface area contributed by atoms with Crippen molar-refractivity contribution < 1.29 is 0 Å². The Bertz CT molecular complexity index is 1890. The maximum absolute atomic E-state index is 4.39. The van der Waals surface area contributed by atoms with Crippen LogP contribution in [0.2, 0.25) is 0 Å². The van der Waals surface area contributed by atoms with Crippen LogP contribution in [0, 0.1) is 71.0 Å². The summed E-state index contributed by atoms with van der Waals surface area (Å²) in [4.78, 5) is 0. The minimum absolute atomic E-state index is 1.00. The second kappa shape index (κ2) is 22.8. The standard InChI is InChI=1S/4C14H23N3/c4*1-3-9-17-14-8-6-12-10(4-2)11(12)5-7-13(14)15-16-17/h4*10-12H,3-9H2,1-2H3/t2*10-,11+,12-;2*10-,11-,12+/m1010/s1. The zero-order valence-electron chi connectivity index (χ0n) is 44.1. The van der Waals surface area contributed by atoms with E-state index in [1.54, 1.807) is 0 Å². The zero-order chi connectivity index (χ0) is 47.3. The van der Waals surface area contributed by atoms with E-state index in [1.807, 2.05) is 0 Å². The van der Waals surface area contributed by atoms with Gasteiger partial charge in [-0.15, -0.1) is 20.4 Å². The van der Waals surface area contributed by atoms with Crippen molar-refractivity contribution in [3.63, 3.8) is 0 Å². The summed E-state index contributed by atoms with van der Waals surface area (Å²) in [7, 11) is 0. The maximum atomic E-state index is 4.39. The Morgan fingerprint density at radius 1 is 0.294 bits per heavy atom. The molecule has 0 bridgehead atoms. The molecule has 0 unspecified atom stereocenters. The lowest BCUT2D eigenvalue weighted by Gasteiger charge is -2.09. The van der Waals surface area contributed by atoms with Gasteiger partial charge in [0.2, 0.25) is 0 Å². The summed E-state index contributed by atoms with van der Waals surface area (Å²) in [5, 5.41) is 34.8. The molecule has 12 rings (SSSR count). The van der Waals surface area contributed by atoms with Crippen LogP contribution in [0.15, 0.2) is 0 Å². The molecule has 0 aliphatic heterocycles. The van der Waals surface area contributed by atoms with Crippen LogP contribution < -0.4 is 0 Å². The first-order valence-electron chi connectivity index (χ1n) is 29.0. The van der Waals surface area contributed by atoms with Gasteiger partial charge in [0.15, 0.2) is 0 Å². The normalized spacial score (nSPS) is 31.3. The Hall–Kier alpha value is -3.44. The smallest absolute Gasteiger partial charge is 0.0859 e. The summed E-state index contributed by atoms with van der Waals surface area (Å²) in [6.07, 6.45) is 30.5. The van der Waals surface area contributed by atoms with Crippen LogP contribution in [0.5, 0.6) is 0 Å². The van der Waals surface area contributed by atoms with E-state index >= 15 is 0 Å². The number of aromatic nitrogens is 12. The summed E-state index contributed by atoms with van der Waals surface area (Å²) in [5.74, 6) is 12.1. The fourth-order valence-electron chi connectivity index (χ4n) is 15.3. The Labute approximate surface area is 410 Å². The average molecular weight is 933 g/mol. The van der Waals surface area contributed by atoms with Crippen molar-refractivity contribution >= 4 is 0 Å². The van der Waals surface area contributed by atoms with Crippen LogP contribution in [-0.2, 0) is 77.5 Å². The van der Waals surface area contributed by atoms with Gasteiger partial charge in [-0.05, 0) is 199 Å². The second-order valence-electron chi connectivity index (χ2n) is 22.7. The van der Waals surface area contributed by atoms with Gasteiger partial charge >= 0.3 is 0 Å². The third kappa shape index (κ3) is 10.7. The molecule has 8 aliphatic carbocycles. The summed E-state index contributed by atoms with van der Waals surface area (Å²) in [6, 6.07) is 0. The number of rotatable bonds is 12. The molecule has 0 aromatic carbocycles. The van der Waals surface area contributed by atoms with Gasteiger partial charge in [-0.25, -0.2) is 18.7 Å². The lowest BCUT2D eigenvalue weighted by atomic mass is 10.0. The largest absolute Gasteiger partial charge is 0.249 e. The highest BCUT2D eigenvalue weighted by atomic mass is 15.4. The lowest BCUT2D eigenvalue weighted by molar-refractivity contribution is 0.527. The molecule has 12 heteroatoms. The molecule has 4 aromatic heterocycles. The highest BCUT2D eigenvalue weighted by Crippen LogP contribution is 2.57. The van der Waals surface area contributed by atoms with Gasteiger partial charge in [0, 0.05) is 26.2 Å². The van der Waals surface area contributed by atoms with Crippen LogP contribution in [-0.4, -0.2) is 60.0 Å². The van der Waals surface area contributed by atoms with Crippen molar-refractivity contribution in [2.24, 2.45) is 71.0 Å².